The van der Waals surface area contributed by atoms with E-state index in [2.05, 4.69) is 10.3 Å². The standard InChI is InChI=1S/C22H14Cl2FN3O2/c23-14-4-5-17(18(24)10-14)19-20(27-16-3-1-2-15(25)11-16)22(30)28(21(19)29)12-13-6-8-26-9-7-13/h1-11,27H,12H2. The summed E-state index contributed by atoms with van der Waals surface area (Å²) in [5.41, 5.74) is 1.54. The maximum Gasteiger partial charge on any atom is 0.278 e. The maximum absolute atomic E-state index is 13.6. The van der Waals surface area contributed by atoms with Gasteiger partial charge in [-0.2, -0.15) is 0 Å². The van der Waals surface area contributed by atoms with Gasteiger partial charge in [0.25, 0.3) is 11.8 Å². The van der Waals surface area contributed by atoms with E-state index in [9.17, 15) is 14.0 Å². The highest BCUT2D eigenvalue weighted by Crippen LogP contribution is 2.36. The average Bonchev–Trinajstić information content (AvgIpc) is 2.93. The van der Waals surface area contributed by atoms with E-state index in [1.165, 1.54) is 24.3 Å². The average molecular weight is 442 g/mol. The molecule has 0 saturated heterocycles. The van der Waals surface area contributed by atoms with Crippen molar-refractivity contribution >= 4 is 46.3 Å². The second-order valence-corrected chi connectivity index (χ2v) is 7.41. The predicted molar refractivity (Wildman–Crippen MR) is 113 cm³/mol. The Morgan fingerprint density at radius 2 is 1.73 bits per heavy atom. The molecule has 5 nitrogen and oxygen atoms in total. The summed E-state index contributed by atoms with van der Waals surface area (Å²) in [5.74, 6) is -1.53. The van der Waals surface area contributed by atoms with Gasteiger partial charge in [-0.05, 0) is 48.0 Å². The van der Waals surface area contributed by atoms with Crippen LogP contribution in [-0.2, 0) is 16.1 Å². The van der Waals surface area contributed by atoms with Gasteiger partial charge in [-0.3, -0.25) is 19.5 Å². The zero-order chi connectivity index (χ0) is 21.3. The van der Waals surface area contributed by atoms with Crippen molar-refractivity contribution in [2.45, 2.75) is 6.54 Å². The molecule has 0 saturated carbocycles. The number of anilines is 1. The minimum atomic E-state index is -0.540. The summed E-state index contributed by atoms with van der Waals surface area (Å²) < 4.78 is 13.6. The first-order valence-electron chi connectivity index (χ1n) is 8.91. The van der Waals surface area contributed by atoms with Crippen molar-refractivity contribution in [2.75, 3.05) is 5.32 Å². The number of carbonyl (C=O) groups is 2. The second kappa shape index (κ2) is 8.26. The van der Waals surface area contributed by atoms with Crippen LogP contribution in [0, 0.1) is 5.82 Å². The minimum absolute atomic E-state index is 0.0175. The summed E-state index contributed by atoms with van der Waals surface area (Å²) in [6.45, 7) is 0.0588. The lowest BCUT2D eigenvalue weighted by molar-refractivity contribution is -0.137. The van der Waals surface area contributed by atoms with Crippen molar-refractivity contribution < 1.29 is 14.0 Å². The van der Waals surface area contributed by atoms with E-state index in [0.717, 1.165) is 10.5 Å². The molecule has 0 spiro atoms. The van der Waals surface area contributed by atoms with Gasteiger partial charge in [-0.25, -0.2) is 4.39 Å². The first-order valence-corrected chi connectivity index (χ1v) is 9.67. The van der Waals surface area contributed by atoms with E-state index in [0.29, 0.717) is 16.3 Å². The van der Waals surface area contributed by atoms with Gasteiger partial charge in [0, 0.05) is 28.7 Å². The lowest BCUT2D eigenvalue weighted by atomic mass is 10.0. The van der Waals surface area contributed by atoms with Crippen LogP contribution in [0.1, 0.15) is 11.1 Å². The smallest absolute Gasteiger partial charge is 0.278 e. The summed E-state index contributed by atoms with van der Waals surface area (Å²) in [6.07, 6.45) is 3.16. The van der Waals surface area contributed by atoms with Crippen molar-refractivity contribution in [3.63, 3.8) is 0 Å². The molecule has 4 rings (SSSR count). The third kappa shape index (κ3) is 3.92. The minimum Gasteiger partial charge on any atom is -0.350 e. The molecule has 8 heteroatoms. The fourth-order valence-corrected chi connectivity index (χ4v) is 3.66. The molecular weight excluding hydrogens is 428 g/mol. The molecule has 2 heterocycles. The van der Waals surface area contributed by atoms with Gasteiger partial charge in [0.05, 0.1) is 17.1 Å². The topological polar surface area (TPSA) is 62.3 Å². The molecule has 0 bridgehead atoms. The molecule has 2 amide bonds. The molecule has 2 aromatic carbocycles. The highest BCUT2D eigenvalue weighted by molar-refractivity contribution is 6.41. The molecule has 0 aliphatic carbocycles. The van der Waals surface area contributed by atoms with E-state index < -0.39 is 17.6 Å². The van der Waals surface area contributed by atoms with Crippen molar-refractivity contribution in [1.82, 2.24) is 9.88 Å². The van der Waals surface area contributed by atoms with Gasteiger partial charge in [0.2, 0.25) is 0 Å². The Balaban J connectivity index is 1.79. The third-order valence-electron chi connectivity index (χ3n) is 4.55. The van der Waals surface area contributed by atoms with Crippen molar-refractivity contribution in [2.24, 2.45) is 0 Å². The Bertz CT molecular complexity index is 1180. The molecule has 0 radical (unpaired) electrons. The van der Waals surface area contributed by atoms with Gasteiger partial charge in [-0.15, -0.1) is 0 Å². The molecular formula is C22H14Cl2FN3O2. The maximum atomic E-state index is 13.6. The second-order valence-electron chi connectivity index (χ2n) is 6.56. The van der Waals surface area contributed by atoms with Crippen LogP contribution in [0.4, 0.5) is 10.1 Å². The SMILES string of the molecule is O=C1C(Nc2cccc(F)c2)=C(c2ccc(Cl)cc2Cl)C(=O)N1Cc1ccncc1. The number of halogens is 3. The molecule has 1 aliphatic heterocycles. The van der Waals surface area contributed by atoms with Gasteiger partial charge in [0.15, 0.2) is 0 Å². The van der Waals surface area contributed by atoms with E-state index in [-0.39, 0.29) is 22.8 Å². The van der Waals surface area contributed by atoms with Gasteiger partial charge < -0.3 is 5.32 Å². The zero-order valence-corrected chi connectivity index (χ0v) is 16.9. The Labute approximate surface area is 181 Å². The summed E-state index contributed by atoms with van der Waals surface area (Å²) in [4.78, 5) is 31.5. The van der Waals surface area contributed by atoms with E-state index >= 15 is 0 Å². The molecule has 30 heavy (non-hydrogen) atoms. The number of hydrogen-bond acceptors (Lipinski definition) is 4. The number of hydrogen-bond donors (Lipinski definition) is 1. The van der Waals surface area contributed by atoms with Crippen LogP contribution in [0.3, 0.4) is 0 Å². The van der Waals surface area contributed by atoms with Crippen LogP contribution in [0.15, 0.2) is 72.7 Å². The van der Waals surface area contributed by atoms with E-state index in [1.54, 1.807) is 42.7 Å². The molecule has 0 fully saturated rings. The molecule has 1 aliphatic rings. The number of carbonyl (C=O) groups excluding carboxylic acids is 2. The van der Waals surface area contributed by atoms with Gasteiger partial charge in [0.1, 0.15) is 11.5 Å². The number of nitrogens with zero attached hydrogens (tertiary/aromatic N) is 2. The zero-order valence-electron chi connectivity index (χ0n) is 15.4. The first kappa shape index (κ1) is 20.1. The number of nitrogens with one attached hydrogen (secondary N) is 1. The molecule has 1 aromatic heterocycles. The first-order chi connectivity index (χ1) is 14.4. The third-order valence-corrected chi connectivity index (χ3v) is 5.10. The highest BCUT2D eigenvalue weighted by Gasteiger charge is 2.40. The van der Waals surface area contributed by atoms with Crippen molar-refractivity contribution in [1.29, 1.82) is 0 Å². The number of imide groups is 1. The number of pyridine rings is 1. The highest BCUT2D eigenvalue weighted by atomic mass is 35.5. The van der Waals surface area contributed by atoms with Crippen molar-refractivity contribution in [3.8, 4) is 0 Å². The fourth-order valence-electron chi connectivity index (χ4n) is 3.16. The van der Waals surface area contributed by atoms with Crippen LogP contribution >= 0.6 is 23.2 Å². The summed E-state index contributed by atoms with van der Waals surface area (Å²) >= 11 is 12.3. The largest absolute Gasteiger partial charge is 0.350 e. The van der Waals surface area contributed by atoms with Gasteiger partial charge >= 0.3 is 0 Å². The van der Waals surface area contributed by atoms with Crippen LogP contribution in [0.25, 0.3) is 5.57 Å². The fraction of sp³-hybridized carbons (Fsp3) is 0.0455. The predicted octanol–water partition coefficient (Wildman–Crippen LogP) is 4.92. The van der Waals surface area contributed by atoms with Crippen molar-refractivity contribution in [3.05, 3.63) is 99.7 Å². The number of aromatic nitrogens is 1. The van der Waals surface area contributed by atoms with Crippen LogP contribution < -0.4 is 5.32 Å². The van der Waals surface area contributed by atoms with E-state index in [1.807, 2.05) is 0 Å². The monoisotopic (exact) mass is 441 g/mol. The Morgan fingerprint density at radius 3 is 2.43 bits per heavy atom. The lowest BCUT2D eigenvalue weighted by Gasteiger charge is -2.15. The normalized spacial score (nSPS) is 13.9. The number of amides is 2. The van der Waals surface area contributed by atoms with Crippen LogP contribution in [-0.4, -0.2) is 21.7 Å². The van der Waals surface area contributed by atoms with Crippen LogP contribution in [0.5, 0.6) is 0 Å². The van der Waals surface area contributed by atoms with Crippen LogP contribution in [0.2, 0.25) is 10.0 Å². The van der Waals surface area contributed by atoms with Gasteiger partial charge in [-0.1, -0.05) is 35.3 Å². The summed E-state index contributed by atoms with van der Waals surface area (Å²) in [5, 5.41) is 3.51. The molecule has 150 valence electrons. The Morgan fingerprint density at radius 1 is 0.967 bits per heavy atom. The molecule has 0 atom stereocenters. The number of rotatable bonds is 5. The molecule has 0 unspecified atom stereocenters. The quantitative estimate of drug-likeness (QED) is 0.570. The van der Waals surface area contributed by atoms with E-state index in [4.69, 9.17) is 23.2 Å². The Hall–Kier alpha value is -3.22. The number of benzene rings is 2. The molecule has 3 aromatic rings. The lowest BCUT2D eigenvalue weighted by Crippen LogP contribution is -2.32. The summed E-state index contributed by atoms with van der Waals surface area (Å²) in [7, 11) is 0. The summed E-state index contributed by atoms with van der Waals surface area (Å²) in [6, 6.07) is 13.7. The Kier molecular flexibility index (Phi) is 5.53. The molecule has 1 N–H and O–H groups in total.